The number of nitrogens with one attached hydrogen (secondary N) is 4. The predicted molar refractivity (Wildman–Crippen MR) is 94.4 cm³/mol. The summed E-state index contributed by atoms with van der Waals surface area (Å²) >= 11 is 0. The Labute approximate surface area is 148 Å². The average molecular weight is 360 g/mol. The first kappa shape index (κ1) is 17.5. The third-order valence-electron chi connectivity index (χ3n) is 3.58. The molecule has 8 nitrogen and oxygen atoms in total. The molecule has 26 heavy (non-hydrogen) atoms. The molecule has 0 saturated heterocycles. The predicted octanol–water partition coefficient (Wildman–Crippen LogP) is 3.14. The van der Waals surface area contributed by atoms with Gasteiger partial charge in [-0.3, -0.25) is 10.1 Å². The minimum Gasteiger partial charge on any atom is -0.370 e. The van der Waals surface area contributed by atoms with Crippen LogP contribution in [0.25, 0.3) is 0 Å². The highest BCUT2D eigenvalue weighted by molar-refractivity contribution is 5.58. The molecular formula is C16H18F2N8. The summed E-state index contributed by atoms with van der Waals surface area (Å²) in [5.74, 6) is -0.383. The molecule has 0 unspecified atom stereocenters. The van der Waals surface area contributed by atoms with E-state index in [1.807, 2.05) is 6.92 Å². The summed E-state index contributed by atoms with van der Waals surface area (Å²) in [5, 5.41) is 15.4. The molecule has 0 radical (unpaired) electrons. The molecule has 0 fully saturated rings. The third-order valence-corrected chi connectivity index (χ3v) is 3.58. The molecule has 3 aromatic heterocycles. The van der Waals surface area contributed by atoms with Crippen LogP contribution in [0.1, 0.15) is 24.4 Å². The number of hydrogen-bond acceptors (Lipinski definition) is 7. The van der Waals surface area contributed by atoms with E-state index in [4.69, 9.17) is 0 Å². The molecule has 0 aliphatic heterocycles. The summed E-state index contributed by atoms with van der Waals surface area (Å²) in [6.45, 7) is 3.62. The lowest BCUT2D eigenvalue weighted by molar-refractivity contribution is 0.612. The van der Waals surface area contributed by atoms with Gasteiger partial charge in [-0.15, -0.1) is 0 Å². The Morgan fingerprint density at radius 2 is 1.92 bits per heavy atom. The number of aryl methyl sites for hydroxylation is 1. The zero-order chi connectivity index (χ0) is 18.7. The number of aromatic nitrogens is 5. The highest BCUT2D eigenvalue weighted by atomic mass is 19.1. The Morgan fingerprint density at radius 3 is 2.54 bits per heavy atom. The van der Waals surface area contributed by atoms with E-state index in [-0.39, 0.29) is 17.6 Å². The maximum atomic E-state index is 14.6. The van der Waals surface area contributed by atoms with Gasteiger partial charge >= 0.3 is 0 Å². The standard InChI is InChI=1S/C16H18F2N8/c1-8-6-12(26-25-8)22-16-23-14(19-3)13(18)15(24-16)21-9(2)11-5-4-10(17)7-20-11/h4-7,9H,1-3H3,(H4,19,21,22,23,24,25,26)/t9-/m0/s1. The Balaban J connectivity index is 1.87. The Morgan fingerprint density at radius 1 is 1.15 bits per heavy atom. The Kier molecular flexibility index (Phi) is 4.92. The molecule has 136 valence electrons. The Hall–Kier alpha value is -3.30. The van der Waals surface area contributed by atoms with Crippen LogP contribution >= 0.6 is 0 Å². The van der Waals surface area contributed by atoms with Gasteiger partial charge in [0.05, 0.1) is 17.9 Å². The molecule has 0 aliphatic rings. The van der Waals surface area contributed by atoms with Crippen LogP contribution in [0.15, 0.2) is 24.4 Å². The maximum Gasteiger partial charge on any atom is 0.232 e. The molecular weight excluding hydrogens is 342 g/mol. The van der Waals surface area contributed by atoms with Gasteiger partial charge in [0, 0.05) is 18.8 Å². The maximum absolute atomic E-state index is 14.6. The van der Waals surface area contributed by atoms with Crippen molar-refractivity contribution in [3.05, 3.63) is 47.4 Å². The summed E-state index contributed by atoms with van der Waals surface area (Å²) in [4.78, 5) is 12.2. The molecule has 3 aromatic rings. The van der Waals surface area contributed by atoms with E-state index >= 15 is 0 Å². The fourth-order valence-corrected chi connectivity index (χ4v) is 2.28. The quantitative estimate of drug-likeness (QED) is 0.535. The second-order valence-electron chi connectivity index (χ2n) is 5.64. The van der Waals surface area contributed by atoms with Crippen LogP contribution in [-0.2, 0) is 0 Å². The van der Waals surface area contributed by atoms with Crippen molar-refractivity contribution in [3.63, 3.8) is 0 Å². The number of nitrogens with zero attached hydrogens (tertiary/aromatic N) is 4. The lowest BCUT2D eigenvalue weighted by atomic mass is 10.2. The monoisotopic (exact) mass is 360 g/mol. The first-order valence-corrected chi connectivity index (χ1v) is 7.88. The second-order valence-corrected chi connectivity index (χ2v) is 5.64. The molecule has 0 spiro atoms. The van der Waals surface area contributed by atoms with Crippen LogP contribution in [0.2, 0.25) is 0 Å². The van der Waals surface area contributed by atoms with Crippen molar-refractivity contribution >= 4 is 23.4 Å². The van der Waals surface area contributed by atoms with E-state index in [0.29, 0.717) is 11.5 Å². The number of pyridine rings is 1. The van der Waals surface area contributed by atoms with Gasteiger partial charge in [0.1, 0.15) is 5.82 Å². The van der Waals surface area contributed by atoms with Crippen LogP contribution in [0.5, 0.6) is 0 Å². The SMILES string of the molecule is CNc1nc(Nc2cc(C)[nH]n2)nc(N[C@@H](C)c2ccc(F)cn2)c1F. The number of hydrogen-bond donors (Lipinski definition) is 4. The summed E-state index contributed by atoms with van der Waals surface area (Å²) in [5.41, 5.74) is 1.41. The smallest absolute Gasteiger partial charge is 0.232 e. The lowest BCUT2D eigenvalue weighted by Gasteiger charge is -2.16. The summed E-state index contributed by atoms with van der Waals surface area (Å²) in [6, 6.07) is 4.19. The van der Waals surface area contributed by atoms with Crippen molar-refractivity contribution in [1.82, 2.24) is 25.1 Å². The minimum absolute atomic E-state index is 0.0160. The lowest BCUT2D eigenvalue weighted by Crippen LogP contribution is -2.14. The van der Waals surface area contributed by atoms with Gasteiger partial charge in [0.25, 0.3) is 0 Å². The van der Waals surface area contributed by atoms with Crippen molar-refractivity contribution < 1.29 is 8.78 Å². The third kappa shape index (κ3) is 3.85. The minimum atomic E-state index is -0.634. The molecule has 0 aromatic carbocycles. The van der Waals surface area contributed by atoms with E-state index in [0.717, 1.165) is 11.9 Å². The van der Waals surface area contributed by atoms with E-state index in [1.54, 1.807) is 20.0 Å². The number of anilines is 4. The van der Waals surface area contributed by atoms with Crippen LogP contribution in [0, 0.1) is 18.6 Å². The van der Waals surface area contributed by atoms with Crippen LogP contribution < -0.4 is 16.0 Å². The highest BCUT2D eigenvalue weighted by Crippen LogP contribution is 2.25. The van der Waals surface area contributed by atoms with Crippen molar-refractivity contribution in [3.8, 4) is 0 Å². The van der Waals surface area contributed by atoms with Gasteiger partial charge in [-0.1, -0.05) is 0 Å². The van der Waals surface area contributed by atoms with Gasteiger partial charge in [-0.2, -0.15) is 19.5 Å². The second kappa shape index (κ2) is 7.30. The number of rotatable bonds is 6. The fourth-order valence-electron chi connectivity index (χ4n) is 2.28. The van der Waals surface area contributed by atoms with E-state index in [2.05, 4.69) is 41.1 Å². The average Bonchev–Trinajstić information content (AvgIpc) is 3.02. The zero-order valence-electron chi connectivity index (χ0n) is 14.4. The van der Waals surface area contributed by atoms with Crippen molar-refractivity contribution in [1.29, 1.82) is 0 Å². The van der Waals surface area contributed by atoms with Gasteiger partial charge < -0.3 is 16.0 Å². The molecule has 1 atom stereocenters. The first-order chi connectivity index (χ1) is 12.5. The molecule has 10 heteroatoms. The van der Waals surface area contributed by atoms with Gasteiger partial charge in [0.15, 0.2) is 17.5 Å². The zero-order valence-corrected chi connectivity index (χ0v) is 14.4. The van der Waals surface area contributed by atoms with E-state index < -0.39 is 17.7 Å². The molecule has 0 aliphatic carbocycles. The molecule has 3 rings (SSSR count). The normalized spacial score (nSPS) is 11.9. The number of H-pyrrole nitrogens is 1. The topological polar surface area (TPSA) is 103 Å². The molecule has 0 saturated carbocycles. The van der Waals surface area contributed by atoms with Crippen LogP contribution in [0.3, 0.4) is 0 Å². The summed E-state index contributed by atoms with van der Waals surface area (Å²) in [6.07, 6.45) is 1.11. The molecule has 4 N–H and O–H groups in total. The summed E-state index contributed by atoms with van der Waals surface area (Å²) in [7, 11) is 1.56. The van der Waals surface area contributed by atoms with Crippen molar-refractivity contribution in [2.75, 3.05) is 23.0 Å². The molecule has 0 bridgehead atoms. The summed E-state index contributed by atoms with van der Waals surface area (Å²) < 4.78 is 27.6. The number of aromatic amines is 1. The highest BCUT2D eigenvalue weighted by Gasteiger charge is 2.17. The van der Waals surface area contributed by atoms with Gasteiger partial charge in [-0.25, -0.2) is 4.39 Å². The van der Waals surface area contributed by atoms with Crippen LogP contribution in [-0.4, -0.2) is 32.2 Å². The van der Waals surface area contributed by atoms with Crippen molar-refractivity contribution in [2.45, 2.75) is 19.9 Å². The Bertz CT molecular complexity index is 894. The van der Waals surface area contributed by atoms with E-state index in [1.165, 1.54) is 12.1 Å². The first-order valence-electron chi connectivity index (χ1n) is 7.88. The largest absolute Gasteiger partial charge is 0.370 e. The van der Waals surface area contributed by atoms with E-state index in [9.17, 15) is 8.78 Å². The van der Waals surface area contributed by atoms with Crippen molar-refractivity contribution in [2.24, 2.45) is 0 Å². The molecule has 3 heterocycles. The van der Waals surface area contributed by atoms with Crippen LogP contribution in [0.4, 0.5) is 32.2 Å². The molecule has 0 amide bonds. The number of halogens is 2. The van der Waals surface area contributed by atoms with Gasteiger partial charge in [0.2, 0.25) is 11.8 Å². The van der Waals surface area contributed by atoms with Gasteiger partial charge in [-0.05, 0) is 26.0 Å². The fraction of sp³-hybridized carbons (Fsp3) is 0.250.